The Morgan fingerprint density at radius 3 is 2.65 bits per heavy atom. The summed E-state index contributed by atoms with van der Waals surface area (Å²) in [5.74, 6) is -0.163. The van der Waals surface area contributed by atoms with E-state index in [9.17, 15) is 13.2 Å². The van der Waals surface area contributed by atoms with Gasteiger partial charge in [-0.2, -0.15) is 0 Å². The normalized spacial score (nSPS) is 18.9. The minimum atomic E-state index is -3.31. The van der Waals surface area contributed by atoms with Crippen LogP contribution in [0.4, 0.5) is 0 Å². The van der Waals surface area contributed by atoms with Crippen molar-refractivity contribution < 1.29 is 17.9 Å². The molecule has 1 heterocycles. The van der Waals surface area contributed by atoms with Gasteiger partial charge in [0, 0.05) is 18.4 Å². The minimum absolute atomic E-state index is 0.161. The van der Waals surface area contributed by atoms with Gasteiger partial charge in [0.25, 0.3) is 5.91 Å². The zero-order chi connectivity index (χ0) is 15.0. The standard InChI is InChI=1S/C14H19NO4S/c1-14(2)10-19-8-7-15(14)13(16)11-5-4-6-12(9-11)20(3,17)18/h4-6,9H,7-8,10H2,1-3H3. The van der Waals surface area contributed by atoms with Crippen LogP contribution < -0.4 is 0 Å². The molecule has 1 fully saturated rings. The predicted molar refractivity (Wildman–Crippen MR) is 75.5 cm³/mol. The molecule has 110 valence electrons. The number of amides is 1. The number of carbonyl (C=O) groups is 1. The van der Waals surface area contributed by atoms with Crippen molar-refractivity contribution in [3.8, 4) is 0 Å². The van der Waals surface area contributed by atoms with E-state index in [0.29, 0.717) is 25.3 Å². The van der Waals surface area contributed by atoms with E-state index < -0.39 is 15.4 Å². The number of carbonyl (C=O) groups excluding carboxylic acids is 1. The van der Waals surface area contributed by atoms with E-state index >= 15 is 0 Å². The molecule has 1 aliphatic rings. The van der Waals surface area contributed by atoms with Gasteiger partial charge in [0.05, 0.1) is 23.6 Å². The Hall–Kier alpha value is -1.40. The van der Waals surface area contributed by atoms with Gasteiger partial charge in [-0.05, 0) is 32.0 Å². The lowest BCUT2D eigenvalue weighted by molar-refractivity contribution is -0.0370. The fraction of sp³-hybridized carbons (Fsp3) is 0.500. The molecule has 0 radical (unpaired) electrons. The Morgan fingerprint density at radius 1 is 1.35 bits per heavy atom. The Labute approximate surface area is 119 Å². The molecular weight excluding hydrogens is 278 g/mol. The van der Waals surface area contributed by atoms with E-state index in [1.54, 1.807) is 17.0 Å². The monoisotopic (exact) mass is 297 g/mol. The molecule has 0 saturated carbocycles. The van der Waals surface area contributed by atoms with Crippen LogP contribution in [0.2, 0.25) is 0 Å². The number of ether oxygens (including phenoxy) is 1. The first kappa shape index (κ1) is 15.0. The molecule has 0 aliphatic carbocycles. The number of sulfone groups is 1. The van der Waals surface area contributed by atoms with E-state index in [-0.39, 0.29) is 10.8 Å². The molecule has 20 heavy (non-hydrogen) atoms. The van der Waals surface area contributed by atoms with Gasteiger partial charge >= 0.3 is 0 Å². The van der Waals surface area contributed by atoms with Gasteiger partial charge < -0.3 is 9.64 Å². The maximum absolute atomic E-state index is 12.6. The summed E-state index contributed by atoms with van der Waals surface area (Å²) in [5, 5.41) is 0. The third-order valence-electron chi connectivity index (χ3n) is 3.40. The summed E-state index contributed by atoms with van der Waals surface area (Å²) in [6, 6.07) is 6.17. The van der Waals surface area contributed by atoms with E-state index in [1.165, 1.54) is 12.1 Å². The van der Waals surface area contributed by atoms with E-state index in [0.717, 1.165) is 6.26 Å². The molecular formula is C14H19NO4S. The van der Waals surface area contributed by atoms with Crippen LogP contribution in [0, 0.1) is 0 Å². The SMILES string of the molecule is CC1(C)COCCN1C(=O)c1cccc(S(C)(=O)=O)c1. The van der Waals surface area contributed by atoms with Crippen LogP contribution in [-0.4, -0.2) is 50.8 Å². The van der Waals surface area contributed by atoms with Crippen LogP contribution in [0.3, 0.4) is 0 Å². The molecule has 0 N–H and O–H groups in total. The van der Waals surface area contributed by atoms with E-state index in [4.69, 9.17) is 4.74 Å². The Balaban J connectivity index is 2.34. The van der Waals surface area contributed by atoms with Crippen LogP contribution in [0.15, 0.2) is 29.2 Å². The molecule has 0 spiro atoms. The van der Waals surface area contributed by atoms with Gasteiger partial charge in [0.15, 0.2) is 9.84 Å². The first-order valence-electron chi connectivity index (χ1n) is 6.42. The molecule has 0 aromatic heterocycles. The van der Waals surface area contributed by atoms with Crippen molar-refractivity contribution in [2.75, 3.05) is 26.0 Å². The highest BCUT2D eigenvalue weighted by Crippen LogP contribution is 2.22. The van der Waals surface area contributed by atoms with Crippen molar-refractivity contribution in [1.29, 1.82) is 0 Å². The third-order valence-corrected chi connectivity index (χ3v) is 4.51. The highest BCUT2D eigenvalue weighted by atomic mass is 32.2. The average molecular weight is 297 g/mol. The quantitative estimate of drug-likeness (QED) is 0.826. The highest BCUT2D eigenvalue weighted by Gasteiger charge is 2.34. The summed E-state index contributed by atoms with van der Waals surface area (Å²) < 4.78 is 28.5. The van der Waals surface area contributed by atoms with Crippen molar-refractivity contribution in [1.82, 2.24) is 4.90 Å². The molecule has 1 saturated heterocycles. The minimum Gasteiger partial charge on any atom is -0.377 e. The van der Waals surface area contributed by atoms with Gasteiger partial charge in [0.2, 0.25) is 0 Å². The molecule has 1 aromatic carbocycles. The van der Waals surface area contributed by atoms with Crippen LogP contribution in [-0.2, 0) is 14.6 Å². The third kappa shape index (κ3) is 3.02. The van der Waals surface area contributed by atoms with Gasteiger partial charge in [-0.3, -0.25) is 4.79 Å². The van der Waals surface area contributed by atoms with Gasteiger partial charge in [-0.1, -0.05) is 6.07 Å². The fourth-order valence-electron chi connectivity index (χ4n) is 2.25. The van der Waals surface area contributed by atoms with Gasteiger partial charge in [-0.25, -0.2) is 8.42 Å². The largest absolute Gasteiger partial charge is 0.377 e. The number of rotatable bonds is 2. The summed E-state index contributed by atoms with van der Waals surface area (Å²) >= 11 is 0. The summed E-state index contributed by atoms with van der Waals surface area (Å²) in [6.07, 6.45) is 1.13. The lowest BCUT2D eigenvalue weighted by Crippen LogP contribution is -2.55. The second-order valence-corrected chi connectivity index (χ2v) is 7.64. The van der Waals surface area contributed by atoms with E-state index in [2.05, 4.69) is 0 Å². The lowest BCUT2D eigenvalue weighted by Gasteiger charge is -2.42. The predicted octanol–water partition coefficient (Wildman–Crippen LogP) is 1.34. The summed E-state index contributed by atoms with van der Waals surface area (Å²) in [7, 11) is -3.31. The van der Waals surface area contributed by atoms with Crippen molar-refractivity contribution >= 4 is 15.7 Å². The molecule has 0 unspecified atom stereocenters. The van der Waals surface area contributed by atoms with Crippen LogP contribution in [0.1, 0.15) is 24.2 Å². The molecule has 0 atom stereocenters. The molecule has 0 bridgehead atoms. The second-order valence-electron chi connectivity index (χ2n) is 5.62. The van der Waals surface area contributed by atoms with Crippen molar-refractivity contribution in [3.05, 3.63) is 29.8 Å². The maximum atomic E-state index is 12.6. The van der Waals surface area contributed by atoms with Gasteiger partial charge in [0.1, 0.15) is 0 Å². The number of nitrogens with zero attached hydrogens (tertiary/aromatic N) is 1. The number of benzene rings is 1. The van der Waals surface area contributed by atoms with E-state index in [1.807, 2.05) is 13.8 Å². The summed E-state index contributed by atoms with van der Waals surface area (Å²) in [5.41, 5.74) is -0.000859. The number of morpholine rings is 1. The maximum Gasteiger partial charge on any atom is 0.254 e. The molecule has 1 aromatic rings. The Morgan fingerprint density at radius 2 is 2.05 bits per heavy atom. The molecule has 1 amide bonds. The zero-order valence-electron chi connectivity index (χ0n) is 11.9. The van der Waals surface area contributed by atoms with Crippen LogP contribution >= 0.6 is 0 Å². The molecule has 1 aliphatic heterocycles. The average Bonchev–Trinajstić information content (AvgIpc) is 2.37. The number of hydrogen-bond donors (Lipinski definition) is 0. The van der Waals surface area contributed by atoms with Crippen molar-refractivity contribution in [2.45, 2.75) is 24.3 Å². The second kappa shape index (κ2) is 5.18. The first-order valence-corrected chi connectivity index (χ1v) is 8.31. The Bertz CT molecular complexity index is 622. The van der Waals surface area contributed by atoms with Crippen molar-refractivity contribution in [3.63, 3.8) is 0 Å². The fourth-order valence-corrected chi connectivity index (χ4v) is 2.92. The Kier molecular flexibility index (Phi) is 3.88. The lowest BCUT2D eigenvalue weighted by atomic mass is 10.0. The molecule has 6 heteroatoms. The zero-order valence-corrected chi connectivity index (χ0v) is 12.7. The molecule has 2 rings (SSSR count). The highest BCUT2D eigenvalue weighted by molar-refractivity contribution is 7.90. The molecule has 5 nitrogen and oxygen atoms in total. The smallest absolute Gasteiger partial charge is 0.254 e. The summed E-state index contributed by atoms with van der Waals surface area (Å²) in [6.45, 7) is 5.36. The topological polar surface area (TPSA) is 63.7 Å². The van der Waals surface area contributed by atoms with Crippen LogP contribution in [0.25, 0.3) is 0 Å². The number of hydrogen-bond acceptors (Lipinski definition) is 4. The van der Waals surface area contributed by atoms with Gasteiger partial charge in [-0.15, -0.1) is 0 Å². The van der Waals surface area contributed by atoms with Crippen molar-refractivity contribution in [2.24, 2.45) is 0 Å². The summed E-state index contributed by atoms with van der Waals surface area (Å²) in [4.78, 5) is 14.5. The van der Waals surface area contributed by atoms with Crippen LogP contribution in [0.5, 0.6) is 0 Å². The first-order chi connectivity index (χ1) is 9.22.